The van der Waals surface area contributed by atoms with Gasteiger partial charge in [0.25, 0.3) is 0 Å². The number of nitrogens with zero attached hydrogens (tertiary/aromatic N) is 2. The first-order valence-electron chi connectivity index (χ1n) is 4.20. The molecule has 6 heteroatoms. The molecule has 3 nitrogen and oxygen atoms in total. The highest BCUT2D eigenvalue weighted by atomic mass is 35.5. The number of thioether (sulfide) groups is 1. The fraction of sp³-hybridized carbons (Fsp3) is 0.111. The second-order valence-corrected chi connectivity index (χ2v) is 4.95. The monoisotopic (exact) mass is 258 g/mol. The van der Waals surface area contributed by atoms with Crippen LogP contribution in [-0.2, 0) is 0 Å². The molecule has 2 aromatic rings. The van der Waals surface area contributed by atoms with Gasteiger partial charge in [0.2, 0.25) is 5.91 Å². The molecule has 0 amide bonds. The standard InChI is InChI=1S/C9H4Cl2N2OS/c10-4-1-5(11)8-6(2-4)13-7(14)3-15-9(13)12-8/h1-2H,3H2. The van der Waals surface area contributed by atoms with Crippen LogP contribution in [0, 0.1) is 0 Å². The van der Waals surface area contributed by atoms with E-state index < -0.39 is 0 Å². The topological polar surface area (TPSA) is 34.9 Å². The molecule has 1 aliphatic heterocycles. The van der Waals surface area contributed by atoms with E-state index in [-0.39, 0.29) is 5.91 Å². The van der Waals surface area contributed by atoms with Crippen molar-refractivity contribution in [2.75, 3.05) is 5.75 Å². The Bertz CT molecular complexity index is 593. The molecule has 0 aliphatic carbocycles. The van der Waals surface area contributed by atoms with Crippen LogP contribution in [-0.4, -0.2) is 21.2 Å². The summed E-state index contributed by atoms with van der Waals surface area (Å²) in [5.74, 6) is 0.457. The van der Waals surface area contributed by atoms with Crippen LogP contribution < -0.4 is 0 Å². The molecular weight excluding hydrogens is 255 g/mol. The molecule has 0 bridgehead atoms. The minimum absolute atomic E-state index is 0.0239. The van der Waals surface area contributed by atoms with E-state index in [0.717, 1.165) is 0 Å². The smallest absolute Gasteiger partial charge is 0.243 e. The third-order valence-electron chi connectivity index (χ3n) is 2.22. The maximum atomic E-state index is 11.6. The van der Waals surface area contributed by atoms with Crippen LogP contribution in [0.4, 0.5) is 0 Å². The van der Waals surface area contributed by atoms with Crippen LogP contribution in [0.3, 0.4) is 0 Å². The van der Waals surface area contributed by atoms with E-state index in [1.807, 2.05) is 0 Å². The van der Waals surface area contributed by atoms with Gasteiger partial charge in [-0.3, -0.25) is 9.36 Å². The highest BCUT2D eigenvalue weighted by Crippen LogP contribution is 2.34. The Kier molecular flexibility index (Phi) is 1.99. The molecule has 0 atom stereocenters. The molecule has 0 N–H and O–H groups in total. The molecular formula is C9H4Cl2N2OS. The highest BCUT2D eigenvalue weighted by Gasteiger charge is 2.25. The summed E-state index contributed by atoms with van der Waals surface area (Å²) in [6, 6.07) is 3.34. The Balaban J connectivity index is 2.47. The van der Waals surface area contributed by atoms with E-state index in [1.165, 1.54) is 11.8 Å². The van der Waals surface area contributed by atoms with Crippen molar-refractivity contribution in [3.05, 3.63) is 22.2 Å². The average Bonchev–Trinajstić information content (AvgIpc) is 2.68. The van der Waals surface area contributed by atoms with Gasteiger partial charge < -0.3 is 0 Å². The lowest BCUT2D eigenvalue weighted by Crippen LogP contribution is -2.05. The van der Waals surface area contributed by atoms with Crippen molar-refractivity contribution in [2.24, 2.45) is 0 Å². The van der Waals surface area contributed by atoms with E-state index in [9.17, 15) is 4.79 Å². The van der Waals surface area contributed by atoms with Gasteiger partial charge in [-0.1, -0.05) is 35.0 Å². The number of benzene rings is 1. The maximum Gasteiger partial charge on any atom is 0.243 e. The van der Waals surface area contributed by atoms with Crippen LogP contribution in [0.2, 0.25) is 10.0 Å². The minimum Gasteiger partial charge on any atom is -0.273 e. The number of fused-ring (bicyclic) bond motifs is 3. The first-order valence-corrected chi connectivity index (χ1v) is 5.94. The molecule has 1 aliphatic rings. The predicted molar refractivity (Wildman–Crippen MR) is 61.1 cm³/mol. The molecule has 0 saturated heterocycles. The third kappa shape index (κ3) is 1.29. The van der Waals surface area contributed by atoms with E-state index in [1.54, 1.807) is 16.7 Å². The number of aromatic nitrogens is 2. The fourth-order valence-corrected chi connectivity index (χ4v) is 3.00. The molecule has 1 aromatic heterocycles. The summed E-state index contributed by atoms with van der Waals surface area (Å²) in [5, 5.41) is 1.69. The molecule has 76 valence electrons. The van der Waals surface area contributed by atoms with Crippen molar-refractivity contribution in [3.63, 3.8) is 0 Å². The summed E-state index contributed by atoms with van der Waals surface area (Å²) in [6.07, 6.45) is 0. The Labute approximate surface area is 99.4 Å². The van der Waals surface area contributed by atoms with Crippen molar-refractivity contribution >= 4 is 51.9 Å². The molecule has 1 aromatic carbocycles. The Morgan fingerprint density at radius 2 is 2.20 bits per heavy atom. The van der Waals surface area contributed by atoms with Crippen LogP contribution >= 0.6 is 35.0 Å². The minimum atomic E-state index is 0.0239. The largest absolute Gasteiger partial charge is 0.273 e. The normalized spacial score (nSPS) is 14.9. The Morgan fingerprint density at radius 3 is 3.00 bits per heavy atom. The van der Waals surface area contributed by atoms with Gasteiger partial charge in [0, 0.05) is 5.02 Å². The van der Waals surface area contributed by atoms with E-state index in [2.05, 4.69) is 4.98 Å². The summed E-state index contributed by atoms with van der Waals surface area (Å²) in [5.41, 5.74) is 1.33. The first-order chi connectivity index (χ1) is 7.16. The molecule has 3 rings (SSSR count). The highest BCUT2D eigenvalue weighted by molar-refractivity contribution is 8.00. The number of carbonyl (C=O) groups is 1. The van der Waals surface area contributed by atoms with Crippen LogP contribution in [0.1, 0.15) is 4.79 Å². The fourth-order valence-electron chi connectivity index (χ4n) is 1.61. The molecule has 0 radical (unpaired) electrons. The summed E-state index contributed by atoms with van der Waals surface area (Å²) in [6.45, 7) is 0. The number of hydrogen-bond acceptors (Lipinski definition) is 3. The van der Waals surface area contributed by atoms with Crippen molar-refractivity contribution in [2.45, 2.75) is 5.16 Å². The molecule has 0 spiro atoms. The Morgan fingerprint density at radius 1 is 1.40 bits per heavy atom. The van der Waals surface area contributed by atoms with Crippen LogP contribution in [0.5, 0.6) is 0 Å². The summed E-state index contributed by atoms with van der Waals surface area (Å²) < 4.78 is 1.57. The quantitative estimate of drug-likeness (QED) is 0.729. The van der Waals surface area contributed by atoms with Crippen molar-refractivity contribution in [1.29, 1.82) is 0 Å². The van der Waals surface area contributed by atoms with Crippen molar-refractivity contribution < 1.29 is 4.79 Å². The lowest BCUT2D eigenvalue weighted by Gasteiger charge is -1.98. The number of imidazole rings is 1. The number of carbonyl (C=O) groups excluding carboxylic acids is 1. The van der Waals surface area contributed by atoms with Crippen molar-refractivity contribution in [1.82, 2.24) is 9.55 Å². The van der Waals surface area contributed by atoms with Gasteiger partial charge in [-0.2, -0.15) is 0 Å². The van der Waals surface area contributed by atoms with Gasteiger partial charge >= 0.3 is 0 Å². The lowest BCUT2D eigenvalue weighted by molar-refractivity contribution is 0.0944. The second kappa shape index (κ2) is 3.14. The maximum absolute atomic E-state index is 11.6. The van der Waals surface area contributed by atoms with E-state index in [4.69, 9.17) is 23.2 Å². The molecule has 15 heavy (non-hydrogen) atoms. The van der Waals surface area contributed by atoms with Crippen LogP contribution in [0.25, 0.3) is 11.0 Å². The van der Waals surface area contributed by atoms with Crippen molar-refractivity contribution in [3.8, 4) is 0 Å². The number of hydrogen-bond donors (Lipinski definition) is 0. The summed E-state index contributed by atoms with van der Waals surface area (Å²) in [7, 11) is 0. The van der Waals surface area contributed by atoms with E-state index >= 15 is 0 Å². The molecule has 0 fully saturated rings. The van der Waals surface area contributed by atoms with Gasteiger partial charge in [-0.25, -0.2) is 4.98 Å². The van der Waals surface area contributed by atoms with Crippen LogP contribution in [0.15, 0.2) is 17.3 Å². The van der Waals surface area contributed by atoms with Gasteiger partial charge in [0.1, 0.15) is 5.52 Å². The van der Waals surface area contributed by atoms with Gasteiger partial charge in [0.15, 0.2) is 5.16 Å². The molecule has 0 saturated carbocycles. The Hall–Kier alpha value is -0.710. The summed E-state index contributed by atoms with van der Waals surface area (Å²) >= 11 is 13.3. The lowest BCUT2D eigenvalue weighted by atomic mass is 10.3. The third-order valence-corrected chi connectivity index (χ3v) is 3.65. The predicted octanol–water partition coefficient (Wildman–Crippen LogP) is 3.09. The number of rotatable bonds is 0. The van der Waals surface area contributed by atoms with Gasteiger partial charge in [0.05, 0.1) is 16.3 Å². The number of halogens is 2. The van der Waals surface area contributed by atoms with Gasteiger partial charge in [-0.05, 0) is 12.1 Å². The van der Waals surface area contributed by atoms with Gasteiger partial charge in [-0.15, -0.1) is 0 Å². The zero-order chi connectivity index (χ0) is 10.6. The summed E-state index contributed by atoms with van der Waals surface area (Å²) in [4.78, 5) is 15.9. The zero-order valence-electron chi connectivity index (χ0n) is 7.33. The van der Waals surface area contributed by atoms with E-state index in [0.29, 0.717) is 32.0 Å². The SMILES string of the molecule is O=C1CSc2nc3c(Cl)cc(Cl)cc3n21. The molecule has 2 heterocycles. The average molecular weight is 259 g/mol. The zero-order valence-corrected chi connectivity index (χ0v) is 9.66. The first kappa shape index (κ1) is 9.51. The molecule has 0 unspecified atom stereocenters. The second-order valence-electron chi connectivity index (χ2n) is 3.17.